The summed E-state index contributed by atoms with van der Waals surface area (Å²) >= 11 is 0. The first-order chi connectivity index (χ1) is 9.73. The van der Waals surface area contributed by atoms with Crippen LogP contribution in [0.25, 0.3) is 0 Å². The van der Waals surface area contributed by atoms with Crippen molar-refractivity contribution in [1.82, 2.24) is 0 Å². The van der Waals surface area contributed by atoms with Crippen LogP contribution in [0.15, 0.2) is 18.2 Å². The van der Waals surface area contributed by atoms with E-state index in [0.29, 0.717) is 24.4 Å². The molecule has 1 amide bonds. The number of nitrogens with two attached hydrogens (primary N) is 1. The van der Waals surface area contributed by atoms with Gasteiger partial charge in [-0.25, -0.2) is 0 Å². The molecular formula is C14H19N3O4. The molecule has 21 heavy (non-hydrogen) atoms. The summed E-state index contributed by atoms with van der Waals surface area (Å²) in [7, 11) is 0. The number of carbonyl (C=O) groups excluding carboxylic acids is 1. The van der Waals surface area contributed by atoms with Gasteiger partial charge in [0.15, 0.2) is 11.9 Å². The van der Waals surface area contributed by atoms with Crippen molar-refractivity contribution in [2.24, 2.45) is 5.73 Å². The van der Waals surface area contributed by atoms with E-state index in [-0.39, 0.29) is 11.6 Å². The second-order valence-corrected chi connectivity index (χ2v) is 5.84. The van der Waals surface area contributed by atoms with E-state index in [9.17, 15) is 14.9 Å². The Kier molecular flexibility index (Phi) is 3.87. The lowest BCUT2D eigenvalue weighted by Crippen LogP contribution is -2.53. The van der Waals surface area contributed by atoms with Crippen molar-refractivity contribution in [1.29, 1.82) is 0 Å². The maximum atomic E-state index is 12.4. The third-order valence-electron chi connectivity index (χ3n) is 3.19. The predicted molar refractivity (Wildman–Crippen MR) is 78.4 cm³/mol. The highest BCUT2D eigenvalue weighted by Crippen LogP contribution is 2.37. The zero-order chi connectivity index (χ0) is 15.8. The minimum Gasteiger partial charge on any atom is -0.478 e. The summed E-state index contributed by atoms with van der Waals surface area (Å²) < 4.78 is 5.59. The van der Waals surface area contributed by atoms with Gasteiger partial charge in [-0.3, -0.25) is 14.9 Å². The number of nitrogens with zero attached hydrogens (tertiary/aromatic N) is 2. The molecule has 114 valence electrons. The van der Waals surface area contributed by atoms with Gasteiger partial charge in [0.1, 0.15) is 0 Å². The Labute approximate surface area is 122 Å². The van der Waals surface area contributed by atoms with Gasteiger partial charge in [0.05, 0.1) is 16.7 Å². The van der Waals surface area contributed by atoms with E-state index in [1.54, 1.807) is 4.90 Å². The molecule has 0 aromatic heterocycles. The second-order valence-electron chi connectivity index (χ2n) is 5.84. The minimum atomic E-state index is -0.637. The average Bonchev–Trinajstić information content (AvgIpc) is 2.39. The van der Waals surface area contributed by atoms with Crippen LogP contribution in [0.4, 0.5) is 11.4 Å². The lowest BCUT2D eigenvalue weighted by molar-refractivity contribution is -0.384. The number of benzene rings is 1. The Hall–Kier alpha value is -2.15. The van der Waals surface area contributed by atoms with Crippen molar-refractivity contribution in [3.63, 3.8) is 0 Å². The maximum absolute atomic E-state index is 12.4. The lowest BCUT2D eigenvalue weighted by atomic mass is 10.0. The molecule has 0 saturated carbocycles. The molecule has 1 aromatic carbocycles. The zero-order valence-electron chi connectivity index (χ0n) is 12.3. The number of anilines is 1. The third kappa shape index (κ3) is 3.13. The first-order valence-corrected chi connectivity index (χ1v) is 6.78. The largest absolute Gasteiger partial charge is 0.478 e. The highest BCUT2D eigenvalue weighted by atomic mass is 16.6. The van der Waals surface area contributed by atoms with Gasteiger partial charge in [-0.05, 0) is 26.3 Å². The van der Waals surface area contributed by atoms with E-state index in [0.717, 1.165) is 0 Å². The SMILES string of the molecule is CCC1Oc2cc([N+](=O)[O-])ccc2N(CC(C)(C)N)C1=O. The summed E-state index contributed by atoms with van der Waals surface area (Å²) in [6.45, 7) is 5.79. The number of amides is 1. The molecule has 1 heterocycles. The first-order valence-electron chi connectivity index (χ1n) is 6.78. The number of rotatable bonds is 4. The van der Waals surface area contributed by atoms with Gasteiger partial charge in [-0.15, -0.1) is 0 Å². The van der Waals surface area contributed by atoms with Gasteiger partial charge in [0.2, 0.25) is 0 Å². The summed E-state index contributed by atoms with van der Waals surface area (Å²) in [5.74, 6) is 0.178. The highest BCUT2D eigenvalue weighted by Gasteiger charge is 2.36. The zero-order valence-corrected chi connectivity index (χ0v) is 12.3. The fourth-order valence-electron chi connectivity index (χ4n) is 2.26. The van der Waals surface area contributed by atoms with E-state index in [1.807, 2.05) is 20.8 Å². The van der Waals surface area contributed by atoms with E-state index < -0.39 is 16.6 Å². The Balaban J connectivity index is 2.47. The molecule has 0 radical (unpaired) electrons. The van der Waals surface area contributed by atoms with Crippen LogP contribution < -0.4 is 15.4 Å². The van der Waals surface area contributed by atoms with Gasteiger partial charge < -0.3 is 15.4 Å². The van der Waals surface area contributed by atoms with Crippen molar-refractivity contribution < 1.29 is 14.5 Å². The van der Waals surface area contributed by atoms with Crippen LogP contribution in [-0.2, 0) is 4.79 Å². The number of nitro benzene ring substituents is 1. The minimum absolute atomic E-state index is 0.0649. The number of non-ortho nitro benzene ring substituents is 1. The second kappa shape index (κ2) is 5.33. The molecule has 1 unspecified atom stereocenters. The number of nitro groups is 1. The predicted octanol–water partition coefficient (Wildman–Crippen LogP) is 1.84. The molecule has 0 bridgehead atoms. The summed E-state index contributed by atoms with van der Waals surface area (Å²) in [4.78, 5) is 24.4. The molecule has 1 aliphatic heterocycles. The molecule has 0 fully saturated rings. The third-order valence-corrected chi connectivity index (χ3v) is 3.19. The Morgan fingerprint density at radius 3 is 2.67 bits per heavy atom. The molecule has 2 rings (SSSR count). The first kappa shape index (κ1) is 15.2. The van der Waals surface area contributed by atoms with Crippen molar-refractivity contribution >= 4 is 17.3 Å². The van der Waals surface area contributed by atoms with Crippen LogP contribution in [0.2, 0.25) is 0 Å². The maximum Gasteiger partial charge on any atom is 0.273 e. The van der Waals surface area contributed by atoms with Crippen LogP contribution in [0.3, 0.4) is 0 Å². The van der Waals surface area contributed by atoms with Crippen molar-refractivity contribution in [2.45, 2.75) is 38.8 Å². The van der Waals surface area contributed by atoms with Crippen LogP contribution in [0.1, 0.15) is 27.2 Å². The van der Waals surface area contributed by atoms with Gasteiger partial charge in [-0.1, -0.05) is 6.92 Å². The van der Waals surface area contributed by atoms with Crippen LogP contribution in [-0.4, -0.2) is 29.0 Å². The quantitative estimate of drug-likeness (QED) is 0.674. The molecule has 7 nitrogen and oxygen atoms in total. The number of hydrogen-bond acceptors (Lipinski definition) is 5. The van der Waals surface area contributed by atoms with Crippen molar-refractivity contribution in [2.75, 3.05) is 11.4 Å². The van der Waals surface area contributed by atoms with E-state index >= 15 is 0 Å². The molecule has 1 atom stereocenters. The molecule has 2 N–H and O–H groups in total. The Morgan fingerprint density at radius 2 is 2.14 bits per heavy atom. The van der Waals surface area contributed by atoms with E-state index in [4.69, 9.17) is 10.5 Å². The molecule has 1 aliphatic rings. The molecule has 1 aromatic rings. The van der Waals surface area contributed by atoms with Gasteiger partial charge in [0, 0.05) is 18.2 Å². The van der Waals surface area contributed by atoms with Gasteiger partial charge >= 0.3 is 0 Å². The topological polar surface area (TPSA) is 98.7 Å². The fraction of sp³-hybridized carbons (Fsp3) is 0.500. The number of hydrogen-bond donors (Lipinski definition) is 1. The van der Waals surface area contributed by atoms with E-state index in [2.05, 4.69) is 0 Å². The summed E-state index contributed by atoms with van der Waals surface area (Å²) in [5.41, 5.74) is 5.89. The average molecular weight is 293 g/mol. The van der Waals surface area contributed by atoms with Crippen LogP contribution >= 0.6 is 0 Å². The molecule has 7 heteroatoms. The normalized spacial score (nSPS) is 18.2. The highest BCUT2D eigenvalue weighted by molar-refractivity contribution is 6.00. The summed E-state index contributed by atoms with van der Waals surface area (Å²) in [6.07, 6.45) is -0.149. The molecular weight excluding hydrogens is 274 g/mol. The van der Waals surface area contributed by atoms with Crippen molar-refractivity contribution in [3.05, 3.63) is 28.3 Å². The Bertz CT molecular complexity index is 580. The standard InChI is InChI=1S/C14H19N3O4/c1-4-11-13(18)16(8-14(2,3)15)10-6-5-9(17(19)20)7-12(10)21-11/h5-7,11H,4,8,15H2,1-3H3. The van der Waals surface area contributed by atoms with Gasteiger partial charge in [0.25, 0.3) is 11.6 Å². The summed E-state index contributed by atoms with van der Waals surface area (Å²) in [5, 5.41) is 10.9. The van der Waals surface area contributed by atoms with E-state index in [1.165, 1.54) is 18.2 Å². The lowest BCUT2D eigenvalue weighted by Gasteiger charge is -2.37. The smallest absolute Gasteiger partial charge is 0.273 e. The van der Waals surface area contributed by atoms with Crippen LogP contribution in [0.5, 0.6) is 5.75 Å². The number of fused-ring (bicyclic) bond motifs is 1. The number of ether oxygens (including phenoxy) is 1. The Morgan fingerprint density at radius 1 is 1.48 bits per heavy atom. The molecule has 0 aliphatic carbocycles. The van der Waals surface area contributed by atoms with Gasteiger partial charge in [-0.2, -0.15) is 0 Å². The number of carbonyl (C=O) groups is 1. The summed E-state index contributed by atoms with van der Waals surface area (Å²) in [6, 6.07) is 4.24. The molecule has 0 spiro atoms. The fourth-order valence-corrected chi connectivity index (χ4v) is 2.26. The van der Waals surface area contributed by atoms with Crippen molar-refractivity contribution in [3.8, 4) is 5.75 Å². The molecule has 0 saturated heterocycles. The monoisotopic (exact) mass is 293 g/mol. The van der Waals surface area contributed by atoms with Crippen LogP contribution in [0, 0.1) is 10.1 Å².